The van der Waals surface area contributed by atoms with Gasteiger partial charge < -0.3 is 19.1 Å². The maximum absolute atomic E-state index is 10.7. The fraction of sp³-hybridized carbons (Fsp3) is 1.00. The number of unbranched alkanes of at least 4 members (excludes halogenated alkanes) is 1. The molecule has 0 atom stereocenters. The Morgan fingerprint density at radius 2 is 1.53 bits per heavy atom. The van der Waals surface area contributed by atoms with Crippen molar-refractivity contribution in [2.24, 2.45) is 0 Å². The maximum atomic E-state index is 10.7. The maximum Gasteiger partial charge on any atom is 0.457 e. The lowest BCUT2D eigenvalue weighted by molar-refractivity contribution is 0.00578. The van der Waals surface area contributed by atoms with E-state index in [9.17, 15) is 4.57 Å². The van der Waals surface area contributed by atoms with Crippen molar-refractivity contribution in [1.82, 2.24) is 0 Å². The first kappa shape index (κ1) is 15.2. The first-order valence-corrected chi connectivity index (χ1v) is 7.73. The van der Waals surface area contributed by atoms with Crippen LogP contribution in [0.15, 0.2) is 0 Å². The van der Waals surface area contributed by atoms with E-state index < -0.39 is 7.60 Å². The summed E-state index contributed by atoms with van der Waals surface area (Å²) in [6, 6.07) is 0. The fourth-order valence-electron chi connectivity index (χ4n) is 1.71. The van der Waals surface area contributed by atoms with Crippen LogP contribution in [-0.4, -0.2) is 34.3 Å². The molecule has 1 aliphatic rings. The summed E-state index contributed by atoms with van der Waals surface area (Å²) in [4.78, 5) is 17.4. The Morgan fingerprint density at radius 1 is 1.06 bits per heavy atom. The highest BCUT2D eigenvalue weighted by Gasteiger charge is 2.50. The van der Waals surface area contributed by atoms with E-state index in [1.807, 2.05) is 27.7 Å². The summed E-state index contributed by atoms with van der Waals surface area (Å²) in [7, 11) is -4.13. The third-order valence-electron chi connectivity index (χ3n) is 3.44. The summed E-state index contributed by atoms with van der Waals surface area (Å²) in [5, 5.41) is 0. The van der Waals surface area contributed by atoms with Crippen molar-refractivity contribution < 1.29 is 23.7 Å². The van der Waals surface area contributed by atoms with Crippen LogP contribution in [0, 0.1) is 0 Å². The molecule has 0 bridgehead atoms. The molecule has 0 amide bonds. The average Bonchev–Trinajstić information content (AvgIpc) is 2.28. The van der Waals surface area contributed by atoms with Gasteiger partial charge in [0.2, 0.25) is 0 Å². The van der Waals surface area contributed by atoms with Crippen molar-refractivity contribution in [2.45, 2.75) is 58.1 Å². The summed E-state index contributed by atoms with van der Waals surface area (Å²) < 4.78 is 22.2. The highest BCUT2D eigenvalue weighted by atomic mass is 31.2. The molecule has 0 aliphatic carbocycles. The van der Waals surface area contributed by atoms with E-state index in [0.29, 0.717) is 19.2 Å². The van der Waals surface area contributed by atoms with Crippen molar-refractivity contribution in [3.05, 3.63) is 0 Å². The van der Waals surface area contributed by atoms with Gasteiger partial charge in [0, 0.05) is 6.16 Å². The zero-order chi connectivity index (χ0) is 13.3. The molecule has 0 spiro atoms. The Hall–Kier alpha value is 0.135. The summed E-state index contributed by atoms with van der Waals surface area (Å²) in [6.45, 7) is 7.95. The van der Waals surface area contributed by atoms with Crippen molar-refractivity contribution >= 4 is 14.7 Å². The topological polar surface area (TPSA) is 76.0 Å². The van der Waals surface area contributed by atoms with E-state index in [0.717, 1.165) is 0 Å². The van der Waals surface area contributed by atoms with E-state index in [1.54, 1.807) is 0 Å². The minimum atomic E-state index is -3.86. The van der Waals surface area contributed by atoms with Crippen molar-refractivity contribution in [1.29, 1.82) is 0 Å². The summed E-state index contributed by atoms with van der Waals surface area (Å²) >= 11 is 0. The number of rotatable bonds is 5. The van der Waals surface area contributed by atoms with Crippen LogP contribution in [0.4, 0.5) is 0 Å². The van der Waals surface area contributed by atoms with Crippen molar-refractivity contribution in [3.63, 3.8) is 0 Å². The Labute approximate surface area is 103 Å². The van der Waals surface area contributed by atoms with Crippen LogP contribution in [0.3, 0.4) is 0 Å². The van der Waals surface area contributed by atoms with Crippen LogP contribution >= 0.6 is 7.60 Å². The molecule has 0 radical (unpaired) electrons. The molecule has 100 valence electrons. The molecular weight excluding hydrogens is 242 g/mol. The van der Waals surface area contributed by atoms with Gasteiger partial charge in [-0.3, -0.25) is 4.57 Å². The Balaban J connectivity index is 2.30. The number of hydrogen-bond acceptors (Lipinski definition) is 3. The summed E-state index contributed by atoms with van der Waals surface area (Å²) in [5.74, 6) is 0. The largest absolute Gasteiger partial charge is 0.457 e. The van der Waals surface area contributed by atoms with Crippen LogP contribution in [0.25, 0.3) is 0 Å². The molecule has 1 heterocycles. The Morgan fingerprint density at radius 3 is 1.94 bits per heavy atom. The third kappa shape index (κ3) is 4.38. The van der Waals surface area contributed by atoms with Gasteiger partial charge in [-0.1, -0.05) is 6.42 Å². The van der Waals surface area contributed by atoms with Gasteiger partial charge in [0.1, 0.15) is 0 Å². The molecule has 1 fully saturated rings. The zero-order valence-electron chi connectivity index (χ0n) is 11.0. The highest BCUT2D eigenvalue weighted by Crippen LogP contribution is 2.39. The quantitative estimate of drug-likeness (QED) is 0.451. The molecule has 1 aliphatic heterocycles. The lowest BCUT2D eigenvalue weighted by atomic mass is 9.82. The second kappa shape index (κ2) is 5.02. The lowest BCUT2D eigenvalue weighted by Crippen LogP contribution is -2.41. The zero-order valence-corrected chi connectivity index (χ0v) is 11.9. The van der Waals surface area contributed by atoms with Crippen LogP contribution in [-0.2, 0) is 13.9 Å². The van der Waals surface area contributed by atoms with E-state index in [1.165, 1.54) is 0 Å². The molecule has 5 nitrogen and oxygen atoms in total. The molecule has 17 heavy (non-hydrogen) atoms. The van der Waals surface area contributed by atoms with Gasteiger partial charge in [-0.2, -0.15) is 0 Å². The van der Waals surface area contributed by atoms with Gasteiger partial charge in [0.05, 0.1) is 11.2 Å². The number of hydrogen-bond donors (Lipinski definition) is 2. The SMILES string of the molecule is CC1(C)OB(CCCCP(=O)(O)O)OC1(C)C. The van der Waals surface area contributed by atoms with Crippen LogP contribution in [0.5, 0.6) is 0 Å². The van der Waals surface area contributed by atoms with E-state index in [-0.39, 0.29) is 24.5 Å². The average molecular weight is 264 g/mol. The summed E-state index contributed by atoms with van der Waals surface area (Å²) in [6.07, 6.45) is 1.80. The molecular formula is C10H22BO5P. The van der Waals surface area contributed by atoms with Gasteiger partial charge in [-0.05, 0) is 40.4 Å². The van der Waals surface area contributed by atoms with E-state index in [4.69, 9.17) is 19.1 Å². The first-order valence-electron chi connectivity index (χ1n) is 5.94. The highest BCUT2D eigenvalue weighted by molar-refractivity contribution is 7.51. The molecule has 0 aromatic rings. The fourth-order valence-corrected chi connectivity index (χ4v) is 2.35. The van der Waals surface area contributed by atoms with E-state index in [2.05, 4.69) is 0 Å². The normalized spacial score (nSPS) is 23.1. The molecule has 0 unspecified atom stereocenters. The Kier molecular flexibility index (Phi) is 4.49. The Bertz CT molecular complexity index is 296. The second-order valence-corrected chi connectivity index (χ2v) is 7.35. The first-order chi connectivity index (χ1) is 7.54. The molecule has 0 aromatic heterocycles. The van der Waals surface area contributed by atoms with Crippen molar-refractivity contribution in [2.75, 3.05) is 6.16 Å². The van der Waals surface area contributed by atoms with Crippen LogP contribution in [0.1, 0.15) is 40.5 Å². The molecule has 1 saturated heterocycles. The van der Waals surface area contributed by atoms with Crippen LogP contribution < -0.4 is 0 Å². The lowest BCUT2D eigenvalue weighted by Gasteiger charge is -2.32. The summed E-state index contributed by atoms with van der Waals surface area (Å²) in [5.41, 5.74) is -0.665. The van der Waals surface area contributed by atoms with Gasteiger partial charge in [0.15, 0.2) is 0 Å². The molecule has 0 aromatic carbocycles. The second-order valence-electron chi connectivity index (χ2n) is 5.57. The molecule has 1 rings (SSSR count). The third-order valence-corrected chi connectivity index (χ3v) is 4.34. The minimum absolute atomic E-state index is 0.0630. The monoisotopic (exact) mass is 264 g/mol. The predicted molar refractivity (Wildman–Crippen MR) is 67.0 cm³/mol. The standard InChI is InChI=1S/C10H22BO5P/c1-9(2)10(3,4)16-11(15-9)7-5-6-8-17(12,13)14/h5-8H2,1-4H3,(H2,12,13,14). The predicted octanol–water partition coefficient (Wildman–Crippen LogP) is 2.04. The van der Waals surface area contributed by atoms with Gasteiger partial charge >= 0.3 is 14.7 Å². The van der Waals surface area contributed by atoms with Gasteiger partial charge in [0.25, 0.3) is 0 Å². The van der Waals surface area contributed by atoms with E-state index >= 15 is 0 Å². The minimum Gasteiger partial charge on any atom is -0.403 e. The van der Waals surface area contributed by atoms with Crippen LogP contribution in [0.2, 0.25) is 6.32 Å². The smallest absolute Gasteiger partial charge is 0.403 e. The molecule has 2 N–H and O–H groups in total. The van der Waals surface area contributed by atoms with Gasteiger partial charge in [-0.25, -0.2) is 0 Å². The molecule has 7 heteroatoms. The van der Waals surface area contributed by atoms with Gasteiger partial charge in [-0.15, -0.1) is 0 Å². The van der Waals surface area contributed by atoms with Crippen molar-refractivity contribution in [3.8, 4) is 0 Å². The molecule has 0 saturated carbocycles.